The van der Waals surface area contributed by atoms with Gasteiger partial charge in [-0.25, -0.2) is 9.59 Å². The molecule has 0 heterocycles. The van der Waals surface area contributed by atoms with Gasteiger partial charge in [-0.05, 0) is 49.9 Å². The molecule has 0 aromatic heterocycles. The van der Waals surface area contributed by atoms with Crippen LogP contribution in [0.1, 0.15) is 44.7 Å². The summed E-state index contributed by atoms with van der Waals surface area (Å²) in [5, 5.41) is 4.90. The van der Waals surface area contributed by atoms with Gasteiger partial charge >= 0.3 is 12.2 Å². The second kappa shape index (κ2) is 11.0. The Morgan fingerprint density at radius 2 is 1.49 bits per heavy atom. The summed E-state index contributed by atoms with van der Waals surface area (Å²) in [6, 6.07) is 15.9. The van der Waals surface area contributed by atoms with Crippen LogP contribution in [0.3, 0.4) is 0 Å². The van der Waals surface area contributed by atoms with E-state index in [0.717, 1.165) is 27.2 Å². The first-order valence-electron chi connectivity index (χ1n) is 11.4. The maximum Gasteiger partial charge on any atom is 0.411 e. The zero-order chi connectivity index (χ0) is 25.6. The predicted molar refractivity (Wildman–Crippen MR) is 130 cm³/mol. The number of amides is 3. The molecular formula is C26H31N3O6. The monoisotopic (exact) mass is 481 g/mol. The summed E-state index contributed by atoms with van der Waals surface area (Å²) < 4.78 is 10.8. The predicted octanol–water partition coefficient (Wildman–Crippen LogP) is 3.42. The molecular weight excluding hydrogens is 450 g/mol. The lowest BCUT2D eigenvalue weighted by Gasteiger charge is -2.25. The number of rotatable bonds is 8. The van der Waals surface area contributed by atoms with E-state index in [1.807, 2.05) is 48.5 Å². The number of nitrogens with zero attached hydrogens (tertiary/aromatic N) is 1. The Morgan fingerprint density at radius 1 is 0.914 bits per heavy atom. The van der Waals surface area contributed by atoms with E-state index in [2.05, 4.69) is 10.6 Å². The Hall–Kier alpha value is -3.88. The van der Waals surface area contributed by atoms with Crippen LogP contribution >= 0.6 is 0 Å². The number of benzene rings is 2. The van der Waals surface area contributed by atoms with Crippen molar-refractivity contribution in [3.63, 3.8) is 0 Å². The van der Waals surface area contributed by atoms with E-state index in [1.54, 1.807) is 20.8 Å². The molecule has 0 spiro atoms. The van der Waals surface area contributed by atoms with Gasteiger partial charge in [0.25, 0.3) is 0 Å². The van der Waals surface area contributed by atoms with Crippen molar-refractivity contribution < 1.29 is 28.7 Å². The van der Waals surface area contributed by atoms with Crippen LogP contribution in [0.2, 0.25) is 0 Å². The third kappa shape index (κ3) is 7.05. The third-order valence-corrected chi connectivity index (χ3v) is 5.28. The SMILES string of the molecule is CC(=O)CNC(=O)CN(CNC(=O)OC(C)(C)C)C(=O)OCC1c2ccccc2-c2ccccc21. The van der Waals surface area contributed by atoms with Gasteiger partial charge in [-0.1, -0.05) is 48.5 Å². The molecule has 3 amide bonds. The van der Waals surface area contributed by atoms with Crippen molar-refractivity contribution in [3.05, 3.63) is 59.7 Å². The van der Waals surface area contributed by atoms with E-state index >= 15 is 0 Å². The summed E-state index contributed by atoms with van der Waals surface area (Å²) in [5.74, 6) is -0.934. The second-order valence-electron chi connectivity index (χ2n) is 9.32. The van der Waals surface area contributed by atoms with Crippen molar-refractivity contribution in [2.75, 3.05) is 26.4 Å². The van der Waals surface area contributed by atoms with Gasteiger partial charge in [0.1, 0.15) is 31.2 Å². The molecule has 0 atom stereocenters. The molecule has 186 valence electrons. The van der Waals surface area contributed by atoms with Crippen molar-refractivity contribution >= 4 is 23.9 Å². The van der Waals surface area contributed by atoms with Gasteiger partial charge in [-0.15, -0.1) is 0 Å². The fourth-order valence-corrected chi connectivity index (χ4v) is 3.80. The summed E-state index contributed by atoms with van der Waals surface area (Å²) in [6.07, 6.45) is -1.51. The van der Waals surface area contributed by atoms with Crippen LogP contribution in [-0.4, -0.2) is 60.7 Å². The molecule has 1 aliphatic carbocycles. The van der Waals surface area contributed by atoms with Gasteiger partial charge in [0, 0.05) is 5.92 Å². The Balaban J connectivity index is 1.69. The van der Waals surface area contributed by atoms with Gasteiger partial charge in [0.2, 0.25) is 5.91 Å². The molecule has 0 unspecified atom stereocenters. The first-order valence-corrected chi connectivity index (χ1v) is 11.4. The fourth-order valence-electron chi connectivity index (χ4n) is 3.80. The number of ketones is 1. The van der Waals surface area contributed by atoms with Crippen LogP contribution < -0.4 is 10.6 Å². The van der Waals surface area contributed by atoms with Crippen LogP contribution in [-0.2, 0) is 19.1 Å². The number of ether oxygens (including phenoxy) is 2. The fraction of sp³-hybridized carbons (Fsp3) is 0.385. The van der Waals surface area contributed by atoms with Gasteiger partial charge in [-0.2, -0.15) is 0 Å². The van der Waals surface area contributed by atoms with Crippen LogP contribution in [0.4, 0.5) is 9.59 Å². The average Bonchev–Trinajstić information content (AvgIpc) is 3.11. The molecule has 0 radical (unpaired) electrons. The van der Waals surface area contributed by atoms with Crippen LogP contribution in [0.5, 0.6) is 0 Å². The van der Waals surface area contributed by atoms with E-state index in [4.69, 9.17) is 9.47 Å². The van der Waals surface area contributed by atoms with E-state index < -0.39 is 30.2 Å². The van der Waals surface area contributed by atoms with Gasteiger partial charge < -0.3 is 20.1 Å². The van der Waals surface area contributed by atoms with Gasteiger partial charge in [-0.3, -0.25) is 14.5 Å². The highest BCUT2D eigenvalue weighted by atomic mass is 16.6. The zero-order valence-corrected chi connectivity index (χ0v) is 20.4. The van der Waals surface area contributed by atoms with E-state index in [9.17, 15) is 19.2 Å². The molecule has 0 bridgehead atoms. The normalized spacial score (nSPS) is 12.2. The minimum atomic E-state index is -0.777. The molecule has 9 nitrogen and oxygen atoms in total. The van der Waals surface area contributed by atoms with Crippen LogP contribution in [0, 0.1) is 0 Å². The summed E-state index contributed by atoms with van der Waals surface area (Å²) >= 11 is 0. The van der Waals surface area contributed by atoms with Crippen molar-refractivity contribution in [1.82, 2.24) is 15.5 Å². The molecule has 9 heteroatoms. The molecule has 2 N–H and O–H groups in total. The number of carbonyl (C=O) groups excluding carboxylic acids is 4. The number of hydrogen-bond acceptors (Lipinski definition) is 6. The largest absolute Gasteiger partial charge is 0.448 e. The first kappa shape index (κ1) is 25.7. The molecule has 3 rings (SSSR count). The molecule has 0 saturated heterocycles. The van der Waals surface area contributed by atoms with Crippen molar-refractivity contribution in [1.29, 1.82) is 0 Å². The number of hydrogen-bond donors (Lipinski definition) is 2. The quantitative estimate of drug-likeness (QED) is 0.559. The lowest BCUT2D eigenvalue weighted by Crippen LogP contribution is -2.48. The van der Waals surface area contributed by atoms with Gasteiger partial charge in [0.05, 0.1) is 6.54 Å². The minimum absolute atomic E-state index is 0.0604. The molecule has 0 aliphatic heterocycles. The lowest BCUT2D eigenvalue weighted by atomic mass is 9.98. The topological polar surface area (TPSA) is 114 Å². The maximum atomic E-state index is 13.0. The standard InChI is InChI=1S/C26H31N3O6/c1-17(30)13-27-23(31)14-29(16-28-24(32)35-26(2,3)4)25(33)34-15-22-20-11-7-5-9-18(20)19-10-6-8-12-21(19)22/h5-12,22H,13-16H2,1-4H3,(H,27,31)(H,28,32). The Morgan fingerprint density at radius 3 is 2.03 bits per heavy atom. The Bertz CT molecular complexity index is 1060. The van der Waals surface area contributed by atoms with E-state index in [0.29, 0.717) is 0 Å². The van der Waals surface area contributed by atoms with E-state index in [-0.39, 0.29) is 31.5 Å². The van der Waals surface area contributed by atoms with Crippen LogP contribution in [0.15, 0.2) is 48.5 Å². The molecule has 1 aliphatic rings. The molecule has 2 aromatic rings. The van der Waals surface area contributed by atoms with E-state index in [1.165, 1.54) is 6.92 Å². The summed E-state index contributed by atoms with van der Waals surface area (Å²) in [5.41, 5.74) is 3.57. The number of carbonyl (C=O) groups is 4. The van der Waals surface area contributed by atoms with Crippen molar-refractivity contribution in [2.45, 2.75) is 39.2 Å². The maximum absolute atomic E-state index is 13.0. The van der Waals surface area contributed by atoms with Crippen molar-refractivity contribution in [3.8, 4) is 11.1 Å². The first-order chi connectivity index (χ1) is 16.5. The summed E-state index contributed by atoms with van der Waals surface area (Å²) in [7, 11) is 0. The number of nitrogens with one attached hydrogen (secondary N) is 2. The smallest absolute Gasteiger partial charge is 0.411 e. The van der Waals surface area contributed by atoms with Gasteiger partial charge in [0.15, 0.2) is 0 Å². The summed E-state index contributed by atoms with van der Waals surface area (Å²) in [6.45, 7) is 5.68. The Kier molecular flexibility index (Phi) is 8.11. The highest BCUT2D eigenvalue weighted by molar-refractivity contribution is 5.87. The highest BCUT2D eigenvalue weighted by Gasteiger charge is 2.30. The Labute approximate surface area is 204 Å². The summed E-state index contributed by atoms with van der Waals surface area (Å²) in [4.78, 5) is 49.5. The minimum Gasteiger partial charge on any atom is -0.448 e. The average molecular weight is 482 g/mol. The third-order valence-electron chi connectivity index (χ3n) is 5.28. The highest BCUT2D eigenvalue weighted by Crippen LogP contribution is 2.44. The molecule has 0 fully saturated rings. The number of fused-ring (bicyclic) bond motifs is 3. The number of Topliss-reactive ketones (excluding diaryl/α,β-unsaturated/α-hetero) is 1. The van der Waals surface area contributed by atoms with Crippen molar-refractivity contribution in [2.24, 2.45) is 0 Å². The molecule has 0 saturated carbocycles. The molecule has 2 aromatic carbocycles. The second-order valence-corrected chi connectivity index (χ2v) is 9.32. The number of alkyl carbamates (subject to hydrolysis) is 1. The zero-order valence-electron chi connectivity index (χ0n) is 20.4. The lowest BCUT2D eigenvalue weighted by molar-refractivity contribution is -0.125. The van der Waals surface area contributed by atoms with Crippen LogP contribution in [0.25, 0.3) is 11.1 Å². The molecule has 35 heavy (non-hydrogen) atoms.